The van der Waals surface area contributed by atoms with Gasteiger partial charge in [0.05, 0.1) is 10.0 Å². The highest BCUT2D eigenvalue weighted by Crippen LogP contribution is 2.49. The van der Waals surface area contributed by atoms with Gasteiger partial charge in [-0.05, 0) is 49.1 Å². The number of nitrogens with zero attached hydrogens (tertiary/aromatic N) is 1. The van der Waals surface area contributed by atoms with Crippen LogP contribution >= 0.6 is 23.2 Å². The molecule has 2 aromatic carbocycles. The molecule has 1 aliphatic heterocycles. The molecule has 0 radical (unpaired) electrons. The number of rotatable bonds is 3. The number of benzene rings is 2. The summed E-state index contributed by atoms with van der Waals surface area (Å²) in [6, 6.07) is 12.7. The van der Waals surface area contributed by atoms with Gasteiger partial charge in [0.1, 0.15) is 5.41 Å². The Morgan fingerprint density at radius 3 is 2.52 bits per heavy atom. The third-order valence-corrected chi connectivity index (χ3v) is 5.64. The van der Waals surface area contributed by atoms with Crippen molar-refractivity contribution in [1.82, 2.24) is 0 Å². The molecule has 4 nitrogen and oxygen atoms in total. The normalized spacial score (nSPS) is 17.1. The molecule has 0 bridgehead atoms. The molecule has 1 fully saturated rings. The first kappa shape index (κ1) is 16.4. The van der Waals surface area contributed by atoms with E-state index in [0.717, 1.165) is 17.7 Å². The minimum atomic E-state index is -0.969. The molecule has 0 spiro atoms. The van der Waals surface area contributed by atoms with E-state index in [9.17, 15) is 9.59 Å². The van der Waals surface area contributed by atoms with E-state index in [0.29, 0.717) is 35.1 Å². The molecule has 128 valence electrons. The predicted octanol–water partition coefficient (Wildman–Crippen LogP) is 4.30. The van der Waals surface area contributed by atoms with Crippen molar-refractivity contribution in [2.24, 2.45) is 5.41 Å². The molecule has 1 saturated carbocycles. The van der Waals surface area contributed by atoms with E-state index < -0.39 is 5.41 Å². The van der Waals surface area contributed by atoms with Crippen LogP contribution in [0.25, 0.3) is 0 Å². The number of nitrogens with one attached hydrogen (secondary N) is 1. The number of fused-ring (bicyclic) bond motifs is 1. The SMILES string of the molecule is O=C(Nc1ccc(Cl)c(Cl)c1)C1(C(=O)N2CCc3ccccc32)CC1. The number of hydrogen-bond acceptors (Lipinski definition) is 2. The zero-order valence-electron chi connectivity index (χ0n) is 13.4. The molecule has 6 heteroatoms. The number of hydrogen-bond donors (Lipinski definition) is 1. The third-order valence-electron chi connectivity index (χ3n) is 4.90. The molecule has 2 aromatic rings. The van der Waals surface area contributed by atoms with Crippen molar-refractivity contribution in [2.75, 3.05) is 16.8 Å². The van der Waals surface area contributed by atoms with Crippen LogP contribution in [-0.2, 0) is 16.0 Å². The smallest absolute Gasteiger partial charge is 0.242 e. The van der Waals surface area contributed by atoms with Crippen LogP contribution in [0.15, 0.2) is 42.5 Å². The Labute approximate surface area is 155 Å². The van der Waals surface area contributed by atoms with Crippen molar-refractivity contribution in [2.45, 2.75) is 19.3 Å². The number of amides is 2. The van der Waals surface area contributed by atoms with Gasteiger partial charge in [-0.1, -0.05) is 41.4 Å². The lowest BCUT2D eigenvalue weighted by atomic mass is 10.0. The lowest BCUT2D eigenvalue weighted by Gasteiger charge is -2.23. The van der Waals surface area contributed by atoms with Crippen molar-refractivity contribution < 1.29 is 9.59 Å². The van der Waals surface area contributed by atoms with Crippen molar-refractivity contribution in [3.05, 3.63) is 58.1 Å². The van der Waals surface area contributed by atoms with E-state index in [-0.39, 0.29) is 11.8 Å². The highest BCUT2D eigenvalue weighted by atomic mass is 35.5. The first-order valence-corrected chi connectivity index (χ1v) is 8.93. The van der Waals surface area contributed by atoms with Gasteiger partial charge in [-0.2, -0.15) is 0 Å². The molecule has 0 unspecified atom stereocenters. The number of carbonyl (C=O) groups is 2. The molecule has 2 aliphatic rings. The van der Waals surface area contributed by atoms with Crippen molar-refractivity contribution in [3.8, 4) is 0 Å². The molecular weight excluding hydrogens is 359 g/mol. The van der Waals surface area contributed by atoms with E-state index in [1.165, 1.54) is 0 Å². The Kier molecular flexibility index (Phi) is 3.97. The van der Waals surface area contributed by atoms with Gasteiger partial charge in [-0.15, -0.1) is 0 Å². The molecular formula is C19H16Cl2N2O2. The van der Waals surface area contributed by atoms with Crippen molar-refractivity contribution in [3.63, 3.8) is 0 Å². The summed E-state index contributed by atoms with van der Waals surface area (Å²) in [6.07, 6.45) is 1.96. The summed E-state index contributed by atoms with van der Waals surface area (Å²) in [4.78, 5) is 27.6. The fourth-order valence-corrected chi connectivity index (χ4v) is 3.59. The van der Waals surface area contributed by atoms with E-state index in [2.05, 4.69) is 5.32 Å². The maximum absolute atomic E-state index is 13.1. The monoisotopic (exact) mass is 374 g/mol. The Morgan fingerprint density at radius 1 is 1.04 bits per heavy atom. The molecule has 0 aromatic heterocycles. The molecule has 4 rings (SSSR count). The second-order valence-corrected chi connectivity index (χ2v) is 7.32. The lowest BCUT2D eigenvalue weighted by molar-refractivity contribution is -0.132. The van der Waals surface area contributed by atoms with Gasteiger partial charge in [0.2, 0.25) is 11.8 Å². The standard InChI is InChI=1S/C19H16Cl2N2O2/c20-14-6-5-13(11-15(14)21)22-17(24)19(8-9-19)18(25)23-10-7-12-3-1-2-4-16(12)23/h1-6,11H,7-10H2,(H,22,24). The maximum Gasteiger partial charge on any atom is 0.242 e. The molecule has 1 heterocycles. The average molecular weight is 375 g/mol. The van der Waals surface area contributed by atoms with E-state index in [4.69, 9.17) is 23.2 Å². The first-order chi connectivity index (χ1) is 12.0. The zero-order chi connectivity index (χ0) is 17.6. The summed E-state index contributed by atoms with van der Waals surface area (Å²) in [5, 5.41) is 3.60. The second-order valence-electron chi connectivity index (χ2n) is 6.50. The Balaban J connectivity index is 1.54. The summed E-state index contributed by atoms with van der Waals surface area (Å²) >= 11 is 11.9. The van der Waals surface area contributed by atoms with Crippen molar-refractivity contribution in [1.29, 1.82) is 0 Å². The highest BCUT2D eigenvalue weighted by Gasteiger charge is 2.58. The zero-order valence-corrected chi connectivity index (χ0v) is 14.9. The number of carbonyl (C=O) groups excluding carboxylic acids is 2. The minimum Gasteiger partial charge on any atom is -0.325 e. The molecule has 25 heavy (non-hydrogen) atoms. The van der Waals surface area contributed by atoms with Crippen LogP contribution < -0.4 is 10.2 Å². The number of anilines is 2. The third kappa shape index (κ3) is 2.79. The molecule has 1 N–H and O–H groups in total. The Morgan fingerprint density at radius 2 is 1.80 bits per heavy atom. The summed E-state index contributed by atoms with van der Waals surface area (Å²) in [6.45, 7) is 0.625. The minimum absolute atomic E-state index is 0.116. The van der Waals surface area contributed by atoms with Crippen LogP contribution in [0.5, 0.6) is 0 Å². The Bertz CT molecular complexity index is 877. The molecule has 0 atom stereocenters. The number of halogens is 2. The van der Waals surface area contributed by atoms with Crippen LogP contribution in [0.2, 0.25) is 10.0 Å². The van der Waals surface area contributed by atoms with Gasteiger partial charge >= 0.3 is 0 Å². The second kappa shape index (κ2) is 6.04. The van der Waals surface area contributed by atoms with Gasteiger partial charge in [0.25, 0.3) is 0 Å². The lowest BCUT2D eigenvalue weighted by Crippen LogP contribution is -2.42. The van der Waals surface area contributed by atoms with Gasteiger partial charge < -0.3 is 10.2 Å². The van der Waals surface area contributed by atoms with Gasteiger partial charge in [-0.3, -0.25) is 9.59 Å². The maximum atomic E-state index is 13.1. The molecule has 1 aliphatic carbocycles. The van der Waals surface area contributed by atoms with Crippen LogP contribution in [-0.4, -0.2) is 18.4 Å². The quantitative estimate of drug-likeness (QED) is 0.814. The highest BCUT2D eigenvalue weighted by molar-refractivity contribution is 6.42. The fraction of sp³-hybridized carbons (Fsp3) is 0.263. The molecule has 0 saturated heterocycles. The summed E-state index contributed by atoms with van der Waals surface area (Å²) in [7, 11) is 0. The van der Waals surface area contributed by atoms with E-state index >= 15 is 0 Å². The summed E-state index contributed by atoms with van der Waals surface area (Å²) in [5.41, 5.74) is 1.64. The van der Waals surface area contributed by atoms with E-state index in [1.54, 1.807) is 23.1 Å². The topological polar surface area (TPSA) is 49.4 Å². The largest absolute Gasteiger partial charge is 0.325 e. The van der Waals surface area contributed by atoms with Crippen molar-refractivity contribution >= 4 is 46.4 Å². The van der Waals surface area contributed by atoms with Crippen LogP contribution in [0.1, 0.15) is 18.4 Å². The number of para-hydroxylation sites is 1. The molecule has 2 amide bonds. The first-order valence-electron chi connectivity index (χ1n) is 8.18. The summed E-state index contributed by atoms with van der Waals surface area (Å²) < 4.78 is 0. The fourth-order valence-electron chi connectivity index (χ4n) is 3.30. The van der Waals surface area contributed by atoms with E-state index in [1.807, 2.05) is 24.3 Å². The van der Waals surface area contributed by atoms with Gasteiger partial charge in [0.15, 0.2) is 0 Å². The summed E-state index contributed by atoms with van der Waals surface area (Å²) in [5.74, 6) is -0.393. The van der Waals surface area contributed by atoms with Gasteiger partial charge in [-0.25, -0.2) is 0 Å². The Hall–Kier alpha value is -2.04. The van der Waals surface area contributed by atoms with Gasteiger partial charge in [0, 0.05) is 17.9 Å². The van der Waals surface area contributed by atoms with Crippen LogP contribution in [0, 0.1) is 5.41 Å². The average Bonchev–Trinajstić information content (AvgIpc) is 3.31. The van der Waals surface area contributed by atoms with Crippen LogP contribution in [0.4, 0.5) is 11.4 Å². The van der Waals surface area contributed by atoms with Crippen LogP contribution in [0.3, 0.4) is 0 Å². The predicted molar refractivity (Wildman–Crippen MR) is 99.3 cm³/mol.